The van der Waals surface area contributed by atoms with Gasteiger partial charge < -0.3 is 10.2 Å². The zero-order chi connectivity index (χ0) is 15.6. The average molecular weight is 305 g/mol. The summed E-state index contributed by atoms with van der Waals surface area (Å²) in [5.41, 5.74) is 5.53. The smallest absolute Gasteiger partial charge is 0.135 e. The van der Waals surface area contributed by atoms with Crippen molar-refractivity contribution in [3.05, 3.63) is 65.2 Å². The van der Waals surface area contributed by atoms with Crippen molar-refractivity contribution in [2.45, 2.75) is 18.8 Å². The second-order valence-electron chi connectivity index (χ2n) is 6.30. The van der Waals surface area contributed by atoms with E-state index in [4.69, 9.17) is 4.99 Å². The first-order chi connectivity index (χ1) is 11.4. The number of amidine groups is 1. The third-order valence-corrected chi connectivity index (χ3v) is 4.94. The van der Waals surface area contributed by atoms with Crippen LogP contribution in [0.25, 0.3) is 0 Å². The predicted molar refractivity (Wildman–Crippen MR) is 96.6 cm³/mol. The number of hydrogen-bond acceptors (Lipinski definition) is 3. The number of anilines is 1. The Labute approximate surface area is 138 Å². The summed E-state index contributed by atoms with van der Waals surface area (Å²) in [5.74, 6) is 1.60. The maximum atomic E-state index is 4.82. The van der Waals surface area contributed by atoms with Crippen LogP contribution in [0.15, 0.2) is 53.5 Å². The molecule has 4 rings (SSSR count). The minimum atomic E-state index is 0.448. The van der Waals surface area contributed by atoms with Crippen LogP contribution >= 0.6 is 0 Å². The monoisotopic (exact) mass is 305 g/mol. The van der Waals surface area contributed by atoms with Gasteiger partial charge in [0.25, 0.3) is 0 Å². The molecule has 3 nitrogen and oxygen atoms in total. The zero-order valence-corrected chi connectivity index (χ0v) is 13.6. The van der Waals surface area contributed by atoms with E-state index >= 15 is 0 Å². The Balaban J connectivity index is 1.87. The lowest BCUT2D eigenvalue weighted by molar-refractivity contribution is 0.629. The average Bonchev–Trinajstić information content (AvgIpc) is 3.05. The fraction of sp³-hybridized carbons (Fsp3) is 0.350. The molecule has 1 unspecified atom stereocenters. The van der Waals surface area contributed by atoms with Gasteiger partial charge in [-0.2, -0.15) is 0 Å². The van der Waals surface area contributed by atoms with Gasteiger partial charge in [0.05, 0.1) is 6.54 Å². The topological polar surface area (TPSA) is 27.6 Å². The third-order valence-electron chi connectivity index (χ3n) is 4.94. The molecule has 0 amide bonds. The van der Waals surface area contributed by atoms with E-state index in [9.17, 15) is 0 Å². The highest BCUT2D eigenvalue weighted by Gasteiger charge is 2.32. The molecule has 0 saturated heterocycles. The first-order valence-corrected chi connectivity index (χ1v) is 8.55. The largest absolute Gasteiger partial charge is 0.324 e. The van der Waals surface area contributed by atoms with Crippen LogP contribution in [0.1, 0.15) is 35.4 Å². The SMILES string of the molecule is CNCCCC1c2ccccc2C2=NCCN2c2ccccc21. The number of nitrogens with zero attached hydrogens (tertiary/aromatic N) is 2. The quantitative estimate of drug-likeness (QED) is 0.877. The van der Waals surface area contributed by atoms with Crippen LogP contribution in [-0.2, 0) is 0 Å². The maximum Gasteiger partial charge on any atom is 0.135 e. The molecule has 0 radical (unpaired) electrons. The molecular formula is C20H23N3. The summed E-state index contributed by atoms with van der Waals surface area (Å²) in [7, 11) is 2.03. The van der Waals surface area contributed by atoms with Gasteiger partial charge in [0.15, 0.2) is 0 Å². The molecule has 23 heavy (non-hydrogen) atoms. The van der Waals surface area contributed by atoms with Gasteiger partial charge in [0.2, 0.25) is 0 Å². The zero-order valence-electron chi connectivity index (χ0n) is 13.6. The standard InChI is InChI=1S/C20H23N3/c1-21-12-6-10-15-16-7-2-3-9-18(16)20-22-13-14-23(20)19-11-5-4-8-17(15)19/h2-5,7-9,11,15,21H,6,10,12-14H2,1H3. The van der Waals surface area contributed by atoms with Crippen LogP contribution < -0.4 is 10.2 Å². The van der Waals surface area contributed by atoms with E-state index in [0.717, 1.165) is 31.9 Å². The molecule has 2 heterocycles. The van der Waals surface area contributed by atoms with E-state index in [0.29, 0.717) is 5.92 Å². The molecule has 2 aliphatic rings. The van der Waals surface area contributed by atoms with Gasteiger partial charge >= 0.3 is 0 Å². The molecule has 0 fully saturated rings. The van der Waals surface area contributed by atoms with Gasteiger partial charge in [0, 0.05) is 23.7 Å². The molecule has 0 aliphatic carbocycles. The van der Waals surface area contributed by atoms with Crippen molar-refractivity contribution >= 4 is 11.5 Å². The number of fused-ring (bicyclic) bond motifs is 5. The Bertz CT molecular complexity index is 735. The molecule has 1 N–H and O–H groups in total. The lowest BCUT2D eigenvalue weighted by Crippen LogP contribution is -2.27. The Hall–Kier alpha value is -2.13. The first-order valence-electron chi connectivity index (χ1n) is 8.55. The van der Waals surface area contributed by atoms with Crippen molar-refractivity contribution in [1.82, 2.24) is 5.32 Å². The molecule has 0 saturated carbocycles. The molecule has 2 aromatic carbocycles. The summed E-state index contributed by atoms with van der Waals surface area (Å²) in [5, 5.41) is 3.28. The van der Waals surface area contributed by atoms with Crippen molar-refractivity contribution in [2.24, 2.45) is 4.99 Å². The normalized spacial score (nSPS) is 18.7. The van der Waals surface area contributed by atoms with Crippen molar-refractivity contribution in [2.75, 3.05) is 31.6 Å². The molecule has 2 aromatic rings. The summed E-state index contributed by atoms with van der Waals surface area (Å²) in [4.78, 5) is 7.23. The minimum absolute atomic E-state index is 0.448. The fourth-order valence-corrected chi connectivity index (χ4v) is 3.91. The number of aliphatic imine (C=N–C) groups is 1. The third kappa shape index (κ3) is 2.45. The second-order valence-corrected chi connectivity index (χ2v) is 6.30. The highest BCUT2D eigenvalue weighted by atomic mass is 15.2. The van der Waals surface area contributed by atoms with Crippen LogP contribution in [0.3, 0.4) is 0 Å². The molecule has 2 aliphatic heterocycles. The predicted octanol–water partition coefficient (Wildman–Crippen LogP) is 3.40. The van der Waals surface area contributed by atoms with Crippen LogP contribution in [0.5, 0.6) is 0 Å². The van der Waals surface area contributed by atoms with Gasteiger partial charge in [-0.15, -0.1) is 0 Å². The van der Waals surface area contributed by atoms with E-state index < -0.39 is 0 Å². The molecular weight excluding hydrogens is 282 g/mol. The number of benzene rings is 2. The summed E-state index contributed by atoms with van der Waals surface area (Å²) in [6.45, 7) is 2.94. The summed E-state index contributed by atoms with van der Waals surface area (Å²) in [6.07, 6.45) is 2.34. The van der Waals surface area contributed by atoms with E-state index in [1.54, 1.807) is 0 Å². The molecule has 0 aromatic heterocycles. The van der Waals surface area contributed by atoms with Crippen molar-refractivity contribution < 1.29 is 0 Å². The maximum absolute atomic E-state index is 4.82. The van der Waals surface area contributed by atoms with Gasteiger partial charge in [-0.05, 0) is 43.6 Å². The number of para-hydroxylation sites is 1. The number of rotatable bonds is 4. The Morgan fingerprint density at radius 3 is 2.74 bits per heavy atom. The van der Waals surface area contributed by atoms with E-state index in [1.165, 1.54) is 28.8 Å². The van der Waals surface area contributed by atoms with Crippen molar-refractivity contribution in [3.63, 3.8) is 0 Å². The number of nitrogens with one attached hydrogen (secondary N) is 1. The summed E-state index contributed by atoms with van der Waals surface area (Å²) >= 11 is 0. The first kappa shape index (κ1) is 14.5. The fourth-order valence-electron chi connectivity index (χ4n) is 3.91. The van der Waals surface area contributed by atoms with Crippen molar-refractivity contribution in [1.29, 1.82) is 0 Å². The summed E-state index contributed by atoms with van der Waals surface area (Å²) in [6, 6.07) is 17.7. The van der Waals surface area contributed by atoms with Gasteiger partial charge in [-0.25, -0.2) is 0 Å². The number of hydrogen-bond donors (Lipinski definition) is 1. The Morgan fingerprint density at radius 2 is 1.87 bits per heavy atom. The van der Waals surface area contributed by atoms with Gasteiger partial charge in [-0.3, -0.25) is 4.99 Å². The highest BCUT2D eigenvalue weighted by molar-refractivity contribution is 6.13. The molecule has 0 spiro atoms. The Kier molecular flexibility index (Phi) is 3.88. The van der Waals surface area contributed by atoms with E-state index in [2.05, 4.69) is 58.7 Å². The lowest BCUT2D eigenvalue weighted by Gasteiger charge is -2.22. The van der Waals surface area contributed by atoms with E-state index in [-0.39, 0.29) is 0 Å². The van der Waals surface area contributed by atoms with E-state index in [1.807, 2.05) is 7.05 Å². The van der Waals surface area contributed by atoms with Crippen LogP contribution in [0.4, 0.5) is 5.69 Å². The summed E-state index contributed by atoms with van der Waals surface area (Å²) < 4.78 is 0. The second kappa shape index (κ2) is 6.17. The lowest BCUT2D eigenvalue weighted by atomic mass is 9.85. The molecule has 0 bridgehead atoms. The highest BCUT2D eigenvalue weighted by Crippen LogP contribution is 2.41. The van der Waals surface area contributed by atoms with Crippen LogP contribution in [0, 0.1) is 0 Å². The van der Waals surface area contributed by atoms with Crippen molar-refractivity contribution in [3.8, 4) is 0 Å². The Morgan fingerprint density at radius 1 is 1.09 bits per heavy atom. The molecule has 3 heteroatoms. The minimum Gasteiger partial charge on any atom is -0.324 e. The van der Waals surface area contributed by atoms with Crippen LogP contribution in [-0.4, -0.2) is 32.5 Å². The van der Waals surface area contributed by atoms with Gasteiger partial charge in [0.1, 0.15) is 5.84 Å². The molecule has 118 valence electrons. The molecule has 1 atom stereocenters. The van der Waals surface area contributed by atoms with Gasteiger partial charge in [-0.1, -0.05) is 42.5 Å². The van der Waals surface area contributed by atoms with Crippen LogP contribution in [0.2, 0.25) is 0 Å².